The number of hydrogen-bond acceptors (Lipinski definition) is 5. The lowest BCUT2D eigenvalue weighted by Crippen LogP contribution is -2.48. The molecule has 0 heterocycles. The number of benzene rings is 2. The highest BCUT2D eigenvalue weighted by Gasteiger charge is 2.11. The van der Waals surface area contributed by atoms with E-state index in [-0.39, 0.29) is 11.2 Å². The largest absolute Gasteiger partial charge is 0.491 e. The molecule has 3 N–H and O–H groups in total. The molecule has 0 bridgehead atoms. The zero-order valence-corrected chi connectivity index (χ0v) is 17.0. The molecule has 8 heteroatoms. The Hall–Kier alpha value is -3.39. The highest BCUT2D eigenvalue weighted by Crippen LogP contribution is 2.15. The molecule has 7 nitrogen and oxygen atoms in total. The van der Waals surface area contributed by atoms with Crippen molar-refractivity contribution in [2.45, 2.75) is 20.0 Å². The number of carbonyl (C=O) groups is 2. The van der Waals surface area contributed by atoms with Crippen molar-refractivity contribution in [1.82, 2.24) is 16.2 Å². The maximum Gasteiger partial charge on any atom is 0.269 e. The first-order valence-corrected chi connectivity index (χ1v) is 9.32. The molecule has 2 amide bonds. The lowest BCUT2D eigenvalue weighted by molar-refractivity contribution is 0.0934. The lowest BCUT2D eigenvalue weighted by atomic mass is 10.2. The SMILES string of the molecule is C=CCOc1ccc(C(=O)NNC(=S)NC(=O)c2cccc(OC(C)C)c2)cc1. The minimum atomic E-state index is -0.422. The molecule has 0 aromatic heterocycles. The molecule has 2 aromatic rings. The van der Waals surface area contributed by atoms with Gasteiger partial charge >= 0.3 is 0 Å². The average molecular weight is 413 g/mol. The summed E-state index contributed by atoms with van der Waals surface area (Å²) in [5.74, 6) is 0.375. The number of ether oxygens (including phenoxy) is 2. The molecular weight excluding hydrogens is 390 g/mol. The van der Waals surface area contributed by atoms with Crippen LogP contribution in [0.2, 0.25) is 0 Å². The highest BCUT2D eigenvalue weighted by molar-refractivity contribution is 7.80. The Kier molecular flexibility index (Phi) is 8.17. The molecule has 0 aliphatic heterocycles. The summed E-state index contributed by atoms with van der Waals surface area (Å²) in [6, 6.07) is 13.3. The Morgan fingerprint density at radius 1 is 1.03 bits per heavy atom. The van der Waals surface area contributed by atoms with Crippen LogP contribution in [0.15, 0.2) is 61.2 Å². The van der Waals surface area contributed by atoms with Gasteiger partial charge in [-0.2, -0.15) is 0 Å². The van der Waals surface area contributed by atoms with Crippen molar-refractivity contribution in [2.24, 2.45) is 0 Å². The van der Waals surface area contributed by atoms with Gasteiger partial charge in [-0.3, -0.25) is 25.8 Å². The molecule has 0 radical (unpaired) electrons. The van der Waals surface area contributed by atoms with Gasteiger partial charge in [-0.15, -0.1) is 0 Å². The first-order valence-electron chi connectivity index (χ1n) is 8.91. The number of nitrogens with one attached hydrogen (secondary N) is 3. The maximum atomic E-state index is 12.3. The average Bonchev–Trinajstić information content (AvgIpc) is 2.70. The van der Waals surface area contributed by atoms with E-state index in [0.717, 1.165) is 0 Å². The molecule has 0 saturated heterocycles. The van der Waals surface area contributed by atoms with Crippen LogP contribution in [0.5, 0.6) is 11.5 Å². The maximum absolute atomic E-state index is 12.3. The molecule has 0 saturated carbocycles. The zero-order valence-electron chi connectivity index (χ0n) is 16.2. The van der Waals surface area contributed by atoms with Gasteiger partial charge in [0.1, 0.15) is 18.1 Å². The molecule has 152 valence electrons. The topological polar surface area (TPSA) is 88.7 Å². The van der Waals surface area contributed by atoms with E-state index in [1.165, 1.54) is 0 Å². The fourth-order valence-electron chi connectivity index (χ4n) is 2.23. The van der Waals surface area contributed by atoms with Crippen LogP contribution >= 0.6 is 12.2 Å². The predicted octanol–water partition coefficient (Wildman–Crippen LogP) is 2.99. The summed E-state index contributed by atoms with van der Waals surface area (Å²) in [4.78, 5) is 24.5. The van der Waals surface area contributed by atoms with E-state index in [9.17, 15) is 9.59 Å². The molecule has 0 unspecified atom stereocenters. The molecule has 29 heavy (non-hydrogen) atoms. The number of hydrazine groups is 1. The number of thiocarbonyl (C=S) groups is 1. The van der Waals surface area contributed by atoms with E-state index in [4.69, 9.17) is 21.7 Å². The van der Waals surface area contributed by atoms with Crippen molar-refractivity contribution in [1.29, 1.82) is 0 Å². The number of hydrogen-bond donors (Lipinski definition) is 3. The van der Waals surface area contributed by atoms with Gasteiger partial charge in [-0.1, -0.05) is 18.7 Å². The molecular formula is C21H23N3O4S. The Balaban J connectivity index is 1.85. The summed E-state index contributed by atoms with van der Waals surface area (Å²) in [6.45, 7) is 7.75. The normalized spacial score (nSPS) is 10.0. The second kappa shape index (κ2) is 10.8. The van der Waals surface area contributed by atoms with Crippen LogP contribution in [0.1, 0.15) is 34.6 Å². The molecule has 2 rings (SSSR count). The summed E-state index contributed by atoms with van der Waals surface area (Å²) in [6.07, 6.45) is 1.63. The fraction of sp³-hybridized carbons (Fsp3) is 0.190. The Morgan fingerprint density at radius 3 is 2.41 bits per heavy atom. The van der Waals surface area contributed by atoms with Crippen molar-refractivity contribution in [3.63, 3.8) is 0 Å². The Bertz CT molecular complexity index is 882. The standard InChI is InChI=1S/C21H23N3O4S/c1-4-12-27-17-10-8-15(9-11-17)20(26)23-24-21(29)22-19(25)16-6-5-7-18(13-16)28-14(2)3/h4-11,13-14H,1,12H2,2-3H3,(H,23,26)(H2,22,24,25,29). The van der Waals surface area contributed by atoms with Gasteiger partial charge in [-0.25, -0.2) is 0 Å². The molecule has 0 atom stereocenters. The van der Waals surface area contributed by atoms with Crippen LogP contribution in [0.25, 0.3) is 0 Å². The van der Waals surface area contributed by atoms with Crippen LogP contribution in [0.3, 0.4) is 0 Å². The van der Waals surface area contributed by atoms with E-state index in [1.807, 2.05) is 13.8 Å². The van der Waals surface area contributed by atoms with Crippen molar-refractivity contribution in [2.75, 3.05) is 6.61 Å². The van der Waals surface area contributed by atoms with E-state index >= 15 is 0 Å². The number of rotatable bonds is 7. The third kappa shape index (κ3) is 7.27. The minimum absolute atomic E-state index is 0.00567. The van der Waals surface area contributed by atoms with Crippen molar-refractivity contribution >= 4 is 29.1 Å². The third-order valence-corrected chi connectivity index (χ3v) is 3.67. The second-order valence-corrected chi connectivity index (χ2v) is 6.59. The second-order valence-electron chi connectivity index (χ2n) is 6.18. The predicted molar refractivity (Wildman–Crippen MR) is 115 cm³/mol. The van der Waals surface area contributed by atoms with Gasteiger partial charge in [0, 0.05) is 11.1 Å². The van der Waals surface area contributed by atoms with E-state index in [0.29, 0.717) is 29.2 Å². The van der Waals surface area contributed by atoms with E-state index in [2.05, 4.69) is 22.7 Å². The quantitative estimate of drug-likeness (QED) is 0.367. The summed E-state index contributed by atoms with van der Waals surface area (Å²) in [7, 11) is 0. The first-order chi connectivity index (χ1) is 13.9. The minimum Gasteiger partial charge on any atom is -0.491 e. The van der Waals surface area contributed by atoms with Crippen molar-refractivity contribution in [3.8, 4) is 11.5 Å². The van der Waals surface area contributed by atoms with Gasteiger partial charge < -0.3 is 9.47 Å². The highest BCUT2D eigenvalue weighted by atomic mass is 32.1. The molecule has 0 fully saturated rings. The molecule has 0 spiro atoms. The van der Waals surface area contributed by atoms with Gasteiger partial charge in [0.2, 0.25) is 0 Å². The molecule has 2 aromatic carbocycles. The van der Waals surface area contributed by atoms with Gasteiger partial charge in [0.05, 0.1) is 6.10 Å². The summed E-state index contributed by atoms with van der Waals surface area (Å²) < 4.78 is 10.9. The zero-order chi connectivity index (χ0) is 21.2. The molecule has 0 aliphatic carbocycles. The van der Waals surface area contributed by atoms with Crippen molar-refractivity contribution in [3.05, 3.63) is 72.3 Å². The van der Waals surface area contributed by atoms with Gasteiger partial charge in [0.25, 0.3) is 11.8 Å². The van der Waals surface area contributed by atoms with Gasteiger partial charge in [-0.05, 0) is 68.5 Å². The first kappa shape index (κ1) is 21.9. The lowest BCUT2D eigenvalue weighted by Gasteiger charge is -2.13. The van der Waals surface area contributed by atoms with Crippen LogP contribution < -0.4 is 25.6 Å². The monoisotopic (exact) mass is 413 g/mol. The van der Waals surface area contributed by atoms with Crippen LogP contribution in [-0.4, -0.2) is 29.6 Å². The molecule has 0 aliphatic rings. The van der Waals surface area contributed by atoms with E-state index < -0.39 is 11.8 Å². The Morgan fingerprint density at radius 2 is 1.76 bits per heavy atom. The smallest absolute Gasteiger partial charge is 0.269 e. The van der Waals surface area contributed by atoms with Gasteiger partial charge in [0.15, 0.2) is 5.11 Å². The van der Waals surface area contributed by atoms with E-state index in [1.54, 1.807) is 54.6 Å². The summed E-state index contributed by atoms with van der Waals surface area (Å²) in [5, 5.41) is 2.46. The third-order valence-electron chi connectivity index (χ3n) is 3.47. The summed E-state index contributed by atoms with van der Waals surface area (Å²) in [5.41, 5.74) is 5.71. The number of amides is 2. The fourth-order valence-corrected chi connectivity index (χ4v) is 2.38. The number of carbonyl (C=O) groups excluding carboxylic acids is 2. The van der Waals surface area contributed by atoms with Crippen LogP contribution in [0.4, 0.5) is 0 Å². The van der Waals surface area contributed by atoms with Crippen LogP contribution in [0, 0.1) is 0 Å². The summed E-state index contributed by atoms with van der Waals surface area (Å²) >= 11 is 5.05. The Labute approximate surface area is 175 Å². The van der Waals surface area contributed by atoms with Crippen molar-refractivity contribution < 1.29 is 19.1 Å². The van der Waals surface area contributed by atoms with Crippen LogP contribution in [-0.2, 0) is 0 Å².